The second-order valence-corrected chi connectivity index (χ2v) is 6.79. The molecule has 100 valence electrons. The Balaban J connectivity index is 2.04. The number of rotatable bonds is 3. The highest BCUT2D eigenvalue weighted by Gasteiger charge is 2.29. The van der Waals surface area contributed by atoms with E-state index in [0.29, 0.717) is 18.7 Å². The third kappa shape index (κ3) is 2.72. The number of hydrogen-bond donors (Lipinski definition) is 1. The van der Waals surface area contributed by atoms with Gasteiger partial charge in [-0.05, 0) is 26.3 Å². The molecule has 1 saturated heterocycles. The molecule has 2 heterocycles. The fraction of sp³-hybridized carbons (Fsp3) is 0.636. The standard InChI is InChI=1S/C11H17N3O3S/c1-3-14-8(2)6-10(13-14)11(15)12-9-4-5-18(16,17)7-9/h6,9H,3-5,7H2,1-2H3,(H,12,15). The minimum Gasteiger partial charge on any atom is -0.347 e. The van der Waals surface area contributed by atoms with E-state index >= 15 is 0 Å². The molecule has 1 N–H and O–H groups in total. The van der Waals surface area contributed by atoms with Gasteiger partial charge in [-0.25, -0.2) is 8.42 Å². The first-order chi connectivity index (χ1) is 8.41. The zero-order chi connectivity index (χ0) is 13.3. The Morgan fingerprint density at radius 2 is 2.33 bits per heavy atom. The first-order valence-corrected chi connectivity index (χ1v) is 7.79. The number of aryl methyl sites for hydroxylation is 2. The third-order valence-electron chi connectivity index (χ3n) is 3.08. The van der Waals surface area contributed by atoms with Crippen LogP contribution < -0.4 is 5.32 Å². The molecule has 18 heavy (non-hydrogen) atoms. The summed E-state index contributed by atoms with van der Waals surface area (Å²) in [5.74, 6) is -0.112. The van der Waals surface area contributed by atoms with Gasteiger partial charge in [0.1, 0.15) is 5.69 Å². The van der Waals surface area contributed by atoms with Crippen molar-refractivity contribution < 1.29 is 13.2 Å². The fourth-order valence-electron chi connectivity index (χ4n) is 2.11. The number of nitrogens with one attached hydrogen (secondary N) is 1. The molecule has 1 aliphatic heterocycles. The summed E-state index contributed by atoms with van der Waals surface area (Å²) in [6.07, 6.45) is 0.488. The minimum absolute atomic E-state index is 0.0339. The van der Waals surface area contributed by atoms with Crippen LogP contribution in [0.4, 0.5) is 0 Å². The highest BCUT2D eigenvalue weighted by atomic mass is 32.2. The van der Waals surface area contributed by atoms with Gasteiger partial charge in [-0.3, -0.25) is 9.48 Å². The van der Waals surface area contributed by atoms with Gasteiger partial charge in [0, 0.05) is 18.3 Å². The van der Waals surface area contributed by atoms with E-state index in [1.807, 2.05) is 13.8 Å². The van der Waals surface area contributed by atoms with Crippen molar-refractivity contribution in [2.45, 2.75) is 32.9 Å². The van der Waals surface area contributed by atoms with E-state index < -0.39 is 9.84 Å². The lowest BCUT2D eigenvalue weighted by Gasteiger charge is -2.08. The number of nitrogens with zero attached hydrogens (tertiary/aromatic N) is 2. The molecule has 0 radical (unpaired) electrons. The van der Waals surface area contributed by atoms with E-state index in [9.17, 15) is 13.2 Å². The second kappa shape index (κ2) is 4.72. The lowest BCUT2D eigenvalue weighted by Crippen LogP contribution is -2.35. The molecule has 1 unspecified atom stereocenters. The Labute approximate surface area is 106 Å². The minimum atomic E-state index is -2.97. The highest BCUT2D eigenvalue weighted by Crippen LogP contribution is 2.12. The van der Waals surface area contributed by atoms with Gasteiger partial charge in [0.05, 0.1) is 11.5 Å². The molecule has 0 spiro atoms. The largest absolute Gasteiger partial charge is 0.347 e. The predicted molar refractivity (Wildman–Crippen MR) is 67.2 cm³/mol. The van der Waals surface area contributed by atoms with E-state index in [2.05, 4.69) is 10.4 Å². The normalized spacial score (nSPS) is 22.0. The average Bonchev–Trinajstić information content (AvgIpc) is 2.81. The van der Waals surface area contributed by atoms with Crippen LogP contribution in [0.1, 0.15) is 29.5 Å². The molecule has 0 aromatic carbocycles. The monoisotopic (exact) mass is 271 g/mol. The molecule has 1 aromatic rings. The van der Waals surface area contributed by atoms with Crippen LogP contribution in [0.5, 0.6) is 0 Å². The molecule has 0 aliphatic carbocycles. The lowest BCUT2D eigenvalue weighted by atomic mass is 10.2. The van der Waals surface area contributed by atoms with Gasteiger partial charge in [0.15, 0.2) is 9.84 Å². The number of aromatic nitrogens is 2. The number of carbonyl (C=O) groups excluding carboxylic acids is 1. The quantitative estimate of drug-likeness (QED) is 0.847. The summed E-state index contributed by atoms with van der Waals surface area (Å²) < 4.78 is 24.3. The number of hydrogen-bond acceptors (Lipinski definition) is 4. The fourth-order valence-corrected chi connectivity index (χ4v) is 3.78. The Morgan fingerprint density at radius 3 is 2.83 bits per heavy atom. The van der Waals surface area contributed by atoms with Crippen LogP contribution in [0.15, 0.2) is 6.07 Å². The number of carbonyl (C=O) groups is 1. The van der Waals surface area contributed by atoms with E-state index in [1.165, 1.54) is 0 Å². The molecule has 1 aromatic heterocycles. The zero-order valence-corrected chi connectivity index (χ0v) is 11.3. The topological polar surface area (TPSA) is 81.1 Å². The van der Waals surface area contributed by atoms with E-state index in [4.69, 9.17) is 0 Å². The maximum atomic E-state index is 11.9. The summed E-state index contributed by atoms with van der Waals surface area (Å²) in [7, 11) is -2.97. The molecule has 1 fully saturated rings. The van der Waals surface area contributed by atoms with Crippen LogP contribution in [0.2, 0.25) is 0 Å². The van der Waals surface area contributed by atoms with Gasteiger partial charge in [0.2, 0.25) is 0 Å². The molecule has 6 nitrogen and oxygen atoms in total. The van der Waals surface area contributed by atoms with E-state index in [-0.39, 0.29) is 23.5 Å². The molecular weight excluding hydrogens is 254 g/mol. The Kier molecular flexibility index (Phi) is 3.43. The molecular formula is C11H17N3O3S. The maximum Gasteiger partial charge on any atom is 0.272 e. The van der Waals surface area contributed by atoms with Gasteiger partial charge >= 0.3 is 0 Å². The van der Waals surface area contributed by atoms with Gasteiger partial charge in [-0.1, -0.05) is 0 Å². The molecule has 1 aliphatic rings. The Hall–Kier alpha value is -1.37. The zero-order valence-electron chi connectivity index (χ0n) is 10.5. The SMILES string of the molecule is CCn1nc(C(=O)NC2CCS(=O)(=O)C2)cc1C. The summed E-state index contributed by atoms with van der Waals surface area (Å²) in [6.45, 7) is 4.54. The van der Waals surface area contributed by atoms with Crippen molar-refractivity contribution in [2.75, 3.05) is 11.5 Å². The van der Waals surface area contributed by atoms with Gasteiger partial charge in [-0.15, -0.1) is 0 Å². The Morgan fingerprint density at radius 1 is 1.61 bits per heavy atom. The van der Waals surface area contributed by atoms with Crippen molar-refractivity contribution in [1.82, 2.24) is 15.1 Å². The Bertz CT molecular complexity index is 562. The molecule has 1 atom stereocenters. The van der Waals surface area contributed by atoms with Crippen LogP contribution in [-0.4, -0.2) is 41.7 Å². The molecule has 2 rings (SSSR count). The van der Waals surface area contributed by atoms with Crippen molar-refractivity contribution in [3.63, 3.8) is 0 Å². The van der Waals surface area contributed by atoms with E-state index in [1.54, 1.807) is 10.7 Å². The first-order valence-electron chi connectivity index (χ1n) is 5.97. The van der Waals surface area contributed by atoms with Gasteiger partial charge in [-0.2, -0.15) is 5.10 Å². The van der Waals surface area contributed by atoms with Crippen LogP contribution >= 0.6 is 0 Å². The van der Waals surface area contributed by atoms with Crippen molar-refractivity contribution in [3.8, 4) is 0 Å². The smallest absolute Gasteiger partial charge is 0.272 e. The summed E-state index contributed by atoms with van der Waals surface area (Å²) in [4.78, 5) is 11.9. The van der Waals surface area contributed by atoms with E-state index in [0.717, 1.165) is 5.69 Å². The van der Waals surface area contributed by atoms with Crippen molar-refractivity contribution in [3.05, 3.63) is 17.5 Å². The van der Waals surface area contributed by atoms with Crippen LogP contribution in [0.25, 0.3) is 0 Å². The first kappa shape index (κ1) is 13.1. The predicted octanol–water partition coefficient (Wildman–Crippen LogP) is 0.128. The van der Waals surface area contributed by atoms with Gasteiger partial charge in [0.25, 0.3) is 5.91 Å². The summed E-state index contributed by atoms with van der Waals surface area (Å²) in [6, 6.07) is 1.43. The average molecular weight is 271 g/mol. The maximum absolute atomic E-state index is 11.9. The van der Waals surface area contributed by atoms with Gasteiger partial charge < -0.3 is 5.32 Å². The summed E-state index contributed by atoms with van der Waals surface area (Å²) >= 11 is 0. The number of amides is 1. The molecule has 1 amide bonds. The van der Waals surface area contributed by atoms with Crippen molar-refractivity contribution >= 4 is 15.7 Å². The highest BCUT2D eigenvalue weighted by molar-refractivity contribution is 7.91. The molecule has 0 saturated carbocycles. The van der Waals surface area contributed by atoms with Crippen LogP contribution in [0, 0.1) is 6.92 Å². The number of sulfone groups is 1. The lowest BCUT2D eigenvalue weighted by molar-refractivity contribution is 0.0935. The summed E-state index contributed by atoms with van der Waals surface area (Å²) in [5, 5.41) is 6.88. The molecule has 7 heteroatoms. The van der Waals surface area contributed by atoms with Crippen molar-refractivity contribution in [2.24, 2.45) is 0 Å². The second-order valence-electron chi connectivity index (χ2n) is 4.56. The summed E-state index contributed by atoms with van der Waals surface area (Å²) in [5.41, 5.74) is 1.26. The van der Waals surface area contributed by atoms with Crippen LogP contribution in [0.3, 0.4) is 0 Å². The third-order valence-corrected chi connectivity index (χ3v) is 4.85. The molecule has 0 bridgehead atoms. The van der Waals surface area contributed by atoms with Crippen LogP contribution in [-0.2, 0) is 16.4 Å². The van der Waals surface area contributed by atoms with Crippen molar-refractivity contribution in [1.29, 1.82) is 0 Å².